The molecule has 1 rings (SSSR count). The summed E-state index contributed by atoms with van der Waals surface area (Å²) in [5.74, 6) is -0.160. The zero-order valence-corrected chi connectivity index (χ0v) is 7.13. The molecule has 0 bridgehead atoms. The molecule has 62 valence electrons. The van der Waals surface area contributed by atoms with Gasteiger partial charge in [0, 0.05) is 18.4 Å². The van der Waals surface area contributed by atoms with Crippen molar-refractivity contribution >= 4 is 11.8 Å². The predicted molar refractivity (Wildman–Crippen MR) is 40.8 cm³/mol. The van der Waals surface area contributed by atoms with Crippen LogP contribution in [0.25, 0.3) is 0 Å². The molecule has 2 amide bonds. The number of hydrogen-bond acceptors (Lipinski definition) is 2. The number of likely N-dealkylation sites (tertiary alicyclic amines) is 1. The average molecular weight is 155 g/mol. The zero-order valence-electron chi connectivity index (χ0n) is 7.13. The summed E-state index contributed by atoms with van der Waals surface area (Å²) in [6.45, 7) is 5.50. The average Bonchev–Trinajstić information content (AvgIpc) is 2.07. The second-order valence-corrected chi connectivity index (χ2v) is 3.30. The summed E-state index contributed by atoms with van der Waals surface area (Å²) in [5, 5.41) is 0. The highest BCUT2D eigenvalue weighted by Gasteiger charge is 2.36. The van der Waals surface area contributed by atoms with Crippen molar-refractivity contribution in [2.24, 2.45) is 5.92 Å². The Labute approximate surface area is 66.4 Å². The molecule has 1 aliphatic heterocycles. The van der Waals surface area contributed by atoms with E-state index in [9.17, 15) is 9.59 Å². The Kier molecular flexibility index (Phi) is 1.98. The smallest absolute Gasteiger partial charge is 0.232 e. The van der Waals surface area contributed by atoms with Crippen LogP contribution in [-0.2, 0) is 9.59 Å². The van der Waals surface area contributed by atoms with E-state index in [1.807, 2.05) is 13.8 Å². The molecule has 1 fully saturated rings. The van der Waals surface area contributed by atoms with Gasteiger partial charge in [-0.15, -0.1) is 0 Å². The van der Waals surface area contributed by atoms with E-state index in [0.717, 1.165) is 0 Å². The van der Waals surface area contributed by atoms with Crippen LogP contribution in [0, 0.1) is 5.92 Å². The van der Waals surface area contributed by atoms with Crippen LogP contribution in [-0.4, -0.2) is 22.8 Å². The molecule has 0 spiro atoms. The van der Waals surface area contributed by atoms with Gasteiger partial charge in [0.2, 0.25) is 11.8 Å². The van der Waals surface area contributed by atoms with Gasteiger partial charge in [0.15, 0.2) is 0 Å². The Hall–Kier alpha value is -0.860. The molecule has 0 aromatic rings. The fraction of sp³-hybridized carbons (Fsp3) is 0.750. The molecule has 1 saturated heterocycles. The molecule has 1 unspecified atom stereocenters. The maximum Gasteiger partial charge on any atom is 0.232 e. The number of carbonyl (C=O) groups is 2. The molecule has 0 aromatic heterocycles. The lowest BCUT2D eigenvalue weighted by atomic mass is 10.1. The van der Waals surface area contributed by atoms with E-state index in [4.69, 9.17) is 0 Å². The van der Waals surface area contributed by atoms with Gasteiger partial charge in [0.05, 0.1) is 0 Å². The molecule has 1 heterocycles. The Morgan fingerprint density at radius 1 is 1.45 bits per heavy atom. The SMILES string of the molecule is CC1CC(=O)N(C(C)C)C1=O. The minimum absolute atomic E-state index is 0.0138. The van der Waals surface area contributed by atoms with Crippen molar-refractivity contribution in [3.8, 4) is 0 Å². The molecule has 0 N–H and O–H groups in total. The quantitative estimate of drug-likeness (QED) is 0.525. The molecule has 0 aromatic carbocycles. The second kappa shape index (κ2) is 2.64. The van der Waals surface area contributed by atoms with Gasteiger partial charge in [0.1, 0.15) is 0 Å². The lowest BCUT2D eigenvalue weighted by Gasteiger charge is -2.18. The van der Waals surface area contributed by atoms with Crippen LogP contribution in [0.1, 0.15) is 27.2 Å². The monoisotopic (exact) mass is 155 g/mol. The highest BCUT2D eigenvalue weighted by molar-refractivity contribution is 6.03. The first-order chi connectivity index (χ1) is 5.04. The lowest BCUT2D eigenvalue weighted by molar-refractivity contribution is -0.141. The number of amides is 2. The highest BCUT2D eigenvalue weighted by Crippen LogP contribution is 2.20. The van der Waals surface area contributed by atoms with Crippen LogP contribution < -0.4 is 0 Å². The van der Waals surface area contributed by atoms with Gasteiger partial charge in [-0.3, -0.25) is 14.5 Å². The Morgan fingerprint density at radius 3 is 2.18 bits per heavy atom. The third kappa shape index (κ3) is 1.27. The fourth-order valence-corrected chi connectivity index (χ4v) is 1.35. The Balaban J connectivity index is 2.80. The molecular weight excluding hydrogens is 142 g/mol. The Bertz CT molecular complexity index is 198. The summed E-state index contributed by atoms with van der Waals surface area (Å²) >= 11 is 0. The van der Waals surface area contributed by atoms with E-state index in [-0.39, 0.29) is 23.8 Å². The molecule has 1 atom stereocenters. The normalized spacial score (nSPS) is 25.5. The van der Waals surface area contributed by atoms with Crippen LogP contribution in [0.15, 0.2) is 0 Å². The van der Waals surface area contributed by atoms with E-state index < -0.39 is 0 Å². The van der Waals surface area contributed by atoms with Gasteiger partial charge in [-0.1, -0.05) is 6.92 Å². The van der Waals surface area contributed by atoms with E-state index >= 15 is 0 Å². The van der Waals surface area contributed by atoms with Gasteiger partial charge in [-0.2, -0.15) is 0 Å². The summed E-state index contributed by atoms with van der Waals surface area (Å²) in [4.78, 5) is 23.8. The lowest BCUT2D eigenvalue weighted by Crippen LogP contribution is -2.36. The minimum Gasteiger partial charge on any atom is -0.280 e. The molecule has 3 nitrogen and oxygen atoms in total. The maximum atomic E-state index is 11.3. The van der Waals surface area contributed by atoms with Gasteiger partial charge >= 0.3 is 0 Å². The number of nitrogens with zero attached hydrogens (tertiary/aromatic N) is 1. The first-order valence-corrected chi connectivity index (χ1v) is 3.90. The van der Waals surface area contributed by atoms with Crippen molar-refractivity contribution in [1.82, 2.24) is 4.90 Å². The standard InChI is InChI=1S/C8H13NO2/c1-5(2)9-7(10)4-6(3)8(9)11/h5-6H,4H2,1-3H3. The van der Waals surface area contributed by atoms with Crippen molar-refractivity contribution in [2.45, 2.75) is 33.2 Å². The summed E-state index contributed by atoms with van der Waals surface area (Å²) in [5.41, 5.74) is 0. The molecule has 0 aliphatic carbocycles. The topological polar surface area (TPSA) is 37.4 Å². The van der Waals surface area contributed by atoms with E-state index in [1.165, 1.54) is 4.90 Å². The molecule has 1 aliphatic rings. The van der Waals surface area contributed by atoms with E-state index in [1.54, 1.807) is 6.92 Å². The summed E-state index contributed by atoms with van der Waals surface area (Å²) in [7, 11) is 0. The molecule has 3 heteroatoms. The Morgan fingerprint density at radius 2 is 2.00 bits per heavy atom. The number of imide groups is 1. The van der Waals surface area contributed by atoms with Gasteiger partial charge in [-0.05, 0) is 13.8 Å². The van der Waals surface area contributed by atoms with Crippen molar-refractivity contribution in [1.29, 1.82) is 0 Å². The van der Waals surface area contributed by atoms with Crippen molar-refractivity contribution in [3.63, 3.8) is 0 Å². The van der Waals surface area contributed by atoms with Crippen LogP contribution in [0.2, 0.25) is 0 Å². The molecular formula is C8H13NO2. The second-order valence-electron chi connectivity index (χ2n) is 3.30. The van der Waals surface area contributed by atoms with E-state index in [0.29, 0.717) is 6.42 Å². The summed E-state index contributed by atoms with van der Waals surface area (Å²) in [6.07, 6.45) is 0.386. The minimum atomic E-state index is -0.107. The van der Waals surface area contributed by atoms with Crippen LogP contribution in [0.4, 0.5) is 0 Å². The third-order valence-electron chi connectivity index (χ3n) is 1.92. The number of carbonyl (C=O) groups excluding carboxylic acids is 2. The van der Waals surface area contributed by atoms with Gasteiger partial charge in [0.25, 0.3) is 0 Å². The van der Waals surface area contributed by atoms with Crippen LogP contribution >= 0.6 is 0 Å². The zero-order chi connectivity index (χ0) is 8.59. The summed E-state index contributed by atoms with van der Waals surface area (Å²) < 4.78 is 0. The molecule has 11 heavy (non-hydrogen) atoms. The van der Waals surface area contributed by atoms with E-state index in [2.05, 4.69) is 0 Å². The van der Waals surface area contributed by atoms with Crippen LogP contribution in [0.3, 0.4) is 0 Å². The van der Waals surface area contributed by atoms with Crippen molar-refractivity contribution < 1.29 is 9.59 Å². The van der Waals surface area contributed by atoms with Crippen molar-refractivity contribution in [2.75, 3.05) is 0 Å². The fourth-order valence-electron chi connectivity index (χ4n) is 1.35. The van der Waals surface area contributed by atoms with Gasteiger partial charge in [-0.25, -0.2) is 0 Å². The maximum absolute atomic E-state index is 11.3. The summed E-state index contributed by atoms with van der Waals surface area (Å²) in [6, 6.07) is 0.0138. The first kappa shape index (κ1) is 8.24. The largest absolute Gasteiger partial charge is 0.280 e. The van der Waals surface area contributed by atoms with Crippen molar-refractivity contribution in [3.05, 3.63) is 0 Å². The number of rotatable bonds is 1. The first-order valence-electron chi connectivity index (χ1n) is 3.90. The molecule has 0 radical (unpaired) electrons. The number of hydrogen-bond donors (Lipinski definition) is 0. The third-order valence-corrected chi connectivity index (χ3v) is 1.92. The highest BCUT2D eigenvalue weighted by atomic mass is 16.2. The van der Waals surface area contributed by atoms with Gasteiger partial charge < -0.3 is 0 Å². The predicted octanol–water partition coefficient (Wildman–Crippen LogP) is 0.790. The van der Waals surface area contributed by atoms with Crippen LogP contribution in [0.5, 0.6) is 0 Å². The molecule has 0 saturated carbocycles.